The van der Waals surface area contributed by atoms with Gasteiger partial charge in [0, 0.05) is 0 Å². The summed E-state index contributed by atoms with van der Waals surface area (Å²) in [7, 11) is -4.64. The van der Waals surface area contributed by atoms with Gasteiger partial charge in [-0.15, -0.1) is 0 Å². The van der Waals surface area contributed by atoms with Crippen LogP contribution in [0.4, 0.5) is 0 Å². The number of carbonyl (C=O) groups excluding carboxylic acids is 1. The molecule has 0 aliphatic rings. The van der Waals surface area contributed by atoms with E-state index in [-0.39, 0.29) is 12.8 Å². The molecule has 27 heavy (non-hydrogen) atoms. The summed E-state index contributed by atoms with van der Waals surface area (Å²) in [5.41, 5.74) is 2.52. The summed E-state index contributed by atoms with van der Waals surface area (Å²) in [5, 5.41) is 40.0. The number of aldehydes is 1. The number of aliphatic hydroxyl groups is 4. The number of aliphatic hydroxyl groups excluding tert-OH is 3. The molecule has 0 amide bonds. The molecule has 0 aliphatic carbocycles. The number of hydrogen-bond acceptors (Lipinski definition) is 7. The molecule has 9 N–H and O–H groups in total. The predicted octanol–water partition coefficient (Wildman–Crippen LogP) is -0.440. The largest absolute Gasteiger partial charge is 0.466 e. The van der Waals surface area contributed by atoms with E-state index in [1.807, 2.05) is 13.8 Å². The Morgan fingerprint density at radius 1 is 1.00 bits per heavy atom. The number of rotatable bonds is 13. The van der Waals surface area contributed by atoms with Crippen LogP contribution in [0.2, 0.25) is 0 Å². The van der Waals surface area contributed by atoms with E-state index >= 15 is 0 Å². The number of phosphoric acid groups is 1. The average Bonchev–Trinajstić information content (AvgIpc) is 2.58. The molecule has 0 spiro atoms. The van der Waals surface area contributed by atoms with E-state index < -0.39 is 37.8 Å². The Labute approximate surface area is 160 Å². The van der Waals surface area contributed by atoms with Crippen LogP contribution in [-0.4, -0.2) is 71.3 Å². The lowest BCUT2D eigenvalue weighted by molar-refractivity contribution is -0.175. The Morgan fingerprint density at radius 3 is 1.74 bits per heavy atom. The normalized spacial score (nSPS) is 18.4. The molecule has 0 aliphatic heterocycles. The van der Waals surface area contributed by atoms with E-state index in [0.717, 1.165) is 25.7 Å². The maximum atomic E-state index is 11.6. The molecule has 0 bridgehead atoms. The first kappa shape index (κ1) is 28.8. The van der Waals surface area contributed by atoms with Crippen molar-refractivity contribution in [3.8, 4) is 0 Å². The van der Waals surface area contributed by atoms with Crippen molar-refractivity contribution in [2.75, 3.05) is 6.61 Å². The third-order valence-electron chi connectivity index (χ3n) is 4.41. The first-order chi connectivity index (χ1) is 12.3. The molecular weight excluding hydrogens is 381 g/mol. The highest BCUT2D eigenvalue weighted by atomic mass is 31.2. The summed E-state index contributed by atoms with van der Waals surface area (Å²) >= 11 is 0. The minimum Gasteiger partial charge on any atom is -0.394 e. The summed E-state index contributed by atoms with van der Waals surface area (Å²) in [6.45, 7) is 3.30. The minimum atomic E-state index is -4.64. The van der Waals surface area contributed by atoms with E-state index in [1.165, 1.54) is 0 Å². The number of unbranched alkanes of at least 4 members (excludes halogenated alkanes) is 4. The van der Waals surface area contributed by atoms with Gasteiger partial charge >= 0.3 is 7.82 Å². The van der Waals surface area contributed by atoms with E-state index in [9.17, 15) is 20.1 Å². The zero-order valence-corrected chi connectivity index (χ0v) is 17.0. The van der Waals surface area contributed by atoms with Crippen molar-refractivity contribution in [3.63, 3.8) is 0 Å². The van der Waals surface area contributed by atoms with Gasteiger partial charge in [-0.2, -0.15) is 0 Å². The number of nitrogens with two attached hydrogens (primary N) is 1. The van der Waals surface area contributed by atoms with Crippen molar-refractivity contribution in [2.24, 2.45) is 5.73 Å². The second-order valence-corrected chi connectivity index (χ2v) is 7.73. The lowest BCUT2D eigenvalue weighted by Gasteiger charge is -2.45. The fourth-order valence-corrected chi connectivity index (χ4v) is 2.76. The molecule has 164 valence electrons. The van der Waals surface area contributed by atoms with Crippen molar-refractivity contribution in [3.05, 3.63) is 0 Å². The van der Waals surface area contributed by atoms with Gasteiger partial charge in [0.2, 0.25) is 0 Å². The fourth-order valence-electron chi connectivity index (χ4n) is 2.76. The Bertz CT molecular complexity index is 439. The zero-order chi connectivity index (χ0) is 21.7. The van der Waals surface area contributed by atoms with Crippen LogP contribution >= 0.6 is 7.82 Å². The van der Waals surface area contributed by atoms with Gasteiger partial charge in [-0.3, -0.25) is 0 Å². The lowest BCUT2D eigenvalue weighted by atomic mass is 9.70. The van der Waals surface area contributed by atoms with Crippen molar-refractivity contribution >= 4 is 14.1 Å². The SMILES string of the molecule is CCCCC[C@](N)(C=O)[C@](O)(CCCCC)[C@H](O)[C@H](O)CO.O=P(O)(O)O. The lowest BCUT2D eigenvalue weighted by Crippen LogP contribution is -2.69. The molecule has 0 heterocycles. The summed E-state index contributed by atoms with van der Waals surface area (Å²) in [5.74, 6) is 0. The van der Waals surface area contributed by atoms with E-state index in [1.54, 1.807) is 0 Å². The zero-order valence-electron chi connectivity index (χ0n) is 16.1. The highest BCUT2D eigenvalue weighted by Gasteiger charge is 2.53. The van der Waals surface area contributed by atoms with E-state index in [2.05, 4.69) is 0 Å². The van der Waals surface area contributed by atoms with E-state index in [4.69, 9.17) is 30.1 Å². The van der Waals surface area contributed by atoms with Gasteiger partial charge in [0.25, 0.3) is 0 Å². The molecule has 0 aromatic rings. The summed E-state index contributed by atoms with van der Waals surface area (Å²) in [6, 6.07) is 0. The van der Waals surface area contributed by atoms with Crippen LogP contribution in [0.25, 0.3) is 0 Å². The summed E-state index contributed by atoms with van der Waals surface area (Å²) in [6.07, 6.45) is 2.31. The molecule has 0 saturated carbocycles. The Balaban J connectivity index is 0. The molecular formula is C16H36NO9P. The quantitative estimate of drug-likeness (QED) is 0.110. The first-order valence-electron chi connectivity index (χ1n) is 9.05. The van der Waals surface area contributed by atoms with Crippen LogP contribution in [0.5, 0.6) is 0 Å². The van der Waals surface area contributed by atoms with Crippen LogP contribution in [0.3, 0.4) is 0 Å². The highest BCUT2D eigenvalue weighted by Crippen LogP contribution is 2.34. The minimum absolute atomic E-state index is 0.0977. The Kier molecular flexibility index (Phi) is 14.6. The monoisotopic (exact) mass is 417 g/mol. The molecule has 10 nitrogen and oxygen atoms in total. The van der Waals surface area contributed by atoms with Gasteiger partial charge in [-0.1, -0.05) is 52.4 Å². The smallest absolute Gasteiger partial charge is 0.394 e. The van der Waals surface area contributed by atoms with Crippen molar-refractivity contribution in [2.45, 2.75) is 88.6 Å². The molecule has 0 aromatic heterocycles. The third-order valence-corrected chi connectivity index (χ3v) is 4.41. The molecule has 0 rings (SSSR count). The fraction of sp³-hybridized carbons (Fsp3) is 0.938. The van der Waals surface area contributed by atoms with Crippen molar-refractivity contribution in [1.82, 2.24) is 0 Å². The van der Waals surface area contributed by atoms with Gasteiger partial charge in [0.15, 0.2) is 0 Å². The molecule has 0 radical (unpaired) electrons. The standard InChI is InChI=1S/C16H33NO5.H3O4P/c1-3-5-7-9-15(17,12-19)16(22,10-8-6-4-2)14(21)13(20)11-18;1-5(2,3)4/h12-14,18,20-22H,3-11,17H2,1-2H3;(H3,1,2,3,4)/t13-,14-,15+,16+;/m1./s1. The van der Waals surface area contributed by atoms with Gasteiger partial charge in [0.05, 0.1) is 6.61 Å². The molecule has 4 atom stereocenters. The van der Waals surface area contributed by atoms with Crippen LogP contribution in [0.15, 0.2) is 0 Å². The van der Waals surface area contributed by atoms with Crippen LogP contribution in [0, 0.1) is 0 Å². The molecule has 0 saturated heterocycles. The molecule has 0 unspecified atom stereocenters. The average molecular weight is 417 g/mol. The van der Waals surface area contributed by atoms with Crippen molar-refractivity contribution < 1.29 is 44.5 Å². The first-order valence-corrected chi connectivity index (χ1v) is 10.6. The second kappa shape index (κ2) is 13.7. The van der Waals surface area contributed by atoms with Crippen LogP contribution in [-0.2, 0) is 9.36 Å². The number of carbonyl (C=O) groups is 1. The Hall–Kier alpha value is -0.420. The Morgan fingerprint density at radius 2 is 1.41 bits per heavy atom. The number of hydrogen-bond donors (Lipinski definition) is 8. The van der Waals surface area contributed by atoms with Crippen LogP contribution < -0.4 is 5.73 Å². The molecule has 0 fully saturated rings. The third kappa shape index (κ3) is 11.2. The van der Waals surface area contributed by atoms with Gasteiger partial charge in [0.1, 0.15) is 29.6 Å². The van der Waals surface area contributed by atoms with Gasteiger partial charge < -0.3 is 45.6 Å². The van der Waals surface area contributed by atoms with Gasteiger partial charge in [-0.25, -0.2) is 4.57 Å². The predicted molar refractivity (Wildman–Crippen MR) is 99.6 cm³/mol. The van der Waals surface area contributed by atoms with Crippen LogP contribution in [0.1, 0.15) is 65.2 Å². The molecule has 0 aromatic carbocycles. The highest BCUT2D eigenvalue weighted by molar-refractivity contribution is 7.45. The molecule has 11 heteroatoms. The second-order valence-electron chi connectivity index (χ2n) is 6.70. The summed E-state index contributed by atoms with van der Waals surface area (Å²) in [4.78, 5) is 33.1. The topological polar surface area (TPSA) is 202 Å². The van der Waals surface area contributed by atoms with E-state index in [0.29, 0.717) is 19.1 Å². The summed E-state index contributed by atoms with van der Waals surface area (Å²) < 4.78 is 8.88. The maximum absolute atomic E-state index is 11.6. The maximum Gasteiger partial charge on any atom is 0.466 e. The van der Waals surface area contributed by atoms with Gasteiger partial charge in [-0.05, 0) is 12.8 Å². The van der Waals surface area contributed by atoms with Crippen molar-refractivity contribution in [1.29, 1.82) is 0 Å².